The molecule has 2 amide bonds. The molecular weight excluding hydrogens is 519 g/mol. The number of nitrogens with zero attached hydrogens (tertiary/aromatic N) is 3. The standard InChI is InChI=1S/C25H31FN4O7S/c1-24(2,3)36-23(33)29(4)25-11-10-16(12-25)14-30-21(32)19(37-38(5,34)35)18(28-22(25)30)20(31)27-13-15-6-8-17(26)9-7-15/h6-9,16H,10-14H2,1-5H3,(H,27,31). The summed E-state index contributed by atoms with van der Waals surface area (Å²) in [5.74, 6) is -1.83. The zero-order chi connectivity index (χ0) is 28.0. The molecule has 2 unspecified atom stereocenters. The van der Waals surface area contributed by atoms with Crippen LogP contribution >= 0.6 is 0 Å². The fourth-order valence-corrected chi connectivity index (χ4v) is 5.46. The molecule has 0 saturated heterocycles. The van der Waals surface area contributed by atoms with Crippen LogP contribution in [0.25, 0.3) is 0 Å². The van der Waals surface area contributed by atoms with Gasteiger partial charge in [0.15, 0.2) is 5.69 Å². The lowest BCUT2D eigenvalue weighted by molar-refractivity contribution is -0.00169. The number of amides is 2. The number of halogens is 1. The van der Waals surface area contributed by atoms with Crippen molar-refractivity contribution in [1.29, 1.82) is 0 Å². The Morgan fingerprint density at radius 1 is 1.26 bits per heavy atom. The Morgan fingerprint density at radius 2 is 1.92 bits per heavy atom. The topological polar surface area (TPSA) is 137 Å². The minimum absolute atomic E-state index is 0.0242. The maximum atomic E-state index is 13.6. The lowest BCUT2D eigenvalue weighted by Gasteiger charge is -2.42. The smallest absolute Gasteiger partial charge is 0.410 e. The van der Waals surface area contributed by atoms with Gasteiger partial charge in [0.1, 0.15) is 22.8 Å². The first-order valence-corrected chi connectivity index (χ1v) is 14.0. The minimum atomic E-state index is -4.19. The Balaban J connectivity index is 1.80. The van der Waals surface area contributed by atoms with Gasteiger partial charge in [0.25, 0.3) is 11.5 Å². The molecule has 11 nitrogen and oxygen atoms in total. The maximum absolute atomic E-state index is 13.6. The predicted octanol–water partition coefficient (Wildman–Crippen LogP) is 2.53. The van der Waals surface area contributed by atoms with Crippen molar-refractivity contribution >= 4 is 22.1 Å². The van der Waals surface area contributed by atoms with Gasteiger partial charge in [-0.05, 0) is 63.6 Å². The highest BCUT2D eigenvalue weighted by Gasteiger charge is 2.53. The number of aromatic nitrogens is 2. The number of nitrogens with one attached hydrogen (secondary N) is 1. The Hall–Kier alpha value is -3.48. The lowest BCUT2D eigenvalue weighted by Crippen LogP contribution is -2.53. The summed E-state index contributed by atoms with van der Waals surface area (Å²) in [6, 6.07) is 5.41. The van der Waals surface area contributed by atoms with Crippen LogP contribution in [0.5, 0.6) is 5.75 Å². The van der Waals surface area contributed by atoms with Crippen LogP contribution < -0.4 is 15.1 Å². The summed E-state index contributed by atoms with van der Waals surface area (Å²) in [7, 11) is -2.63. The Morgan fingerprint density at radius 3 is 2.53 bits per heavy atom. The van der Waals surface area contributed by atoms with Gasteiger partial charge in [-0.15, -0.1) is 0 Å². The summed E-state index contributed by atoms with van der Waals surface area (Å²) >= 11 is 0. The van der Waals surface area contributed by atoms with Crippen molar-refractivity contribution in [3.63, 3.8) is 0 Å². The Bertz CT molecular complexity index is 1430. The number of hydrogen-bond donors (Lipinski definition) is 1. The third kappa shape index (κ3) is 5.52. The molecule has 1 fully saturated rings. The molecule has 2 heterocycles. The van der Waals surface area contributed by atoms with E-state index in [9.17, 15) is 27.2 Å². The van der Waals surface area contributed by atoms with Crippen molar-refractivity contribution in [2.75, 3.05) is 13.3 Å². The van der Waals surface area contributed by atoms with E-state index in [4.69, 9.17) is 8.92 Å². The van der Waals surface area contributed by atoms with E-state index in [0.717, 1.165) is 6.26 Å². The predicted molar refractivity (Wildman–Crippen MR) is 135 cm³/mol. The SMILES string of the molecule is CN(C(=O)OC(C)(C)C)C12CCC(Cn3c1nc(C(=O)NCc1ccc(F)cc1)c(OS(C)(=O)=O)c3=O)C2. The van der Waals surface area contributed by atoms with E-state index in [1.165, 1.54) is 33.7 Å². The molecule has 1 aliphatic carbocycles. The summed E-state index contributed by atoms with van der Waals surface area (Å²) in [5, 5.41) is 2.58. The number of rotatable bonds is 6. The van der Waals surface area contributed by atoms with Crippen LogP contribution in [0.4, 0.5) is 9.18 Å². The number of fused-ring (bicyclic) bond motifs is 4. The molecule has 1 N–H and O–H groups in total. The van der Waals surface area contributed by atoms with Gasteiger partial charge in [-0.3, -0.25) is 19.1 Å². The van der Waals surface area contributed by atoms with Crippen molar-refractivity contribution < 1.29 is 31.3 Å². The molecule has 1 aromatic carbocycles. The molecule has 1 aromatic heterocycles. The molecule has 0 radical (unpaired) electrons. The molecule has 4 rings (SSSR count). The monoisotopic (exact) mass is 550 g/mol. The molecule has 2 aromatic rings. The fraction of sp³-hybridized carbons (Fsp3) is 0.520. The van der Waals surface area contributed by atoms with Gasteiger partial charge in [0.2, 0.25) is 5.75 Å². The van der Waals surface area contributed by atoms with Gasteiger partial charge in [0, 0.05) is 20.1 Å². The van der Waals surface area contributed by atoms with E-state index in [1.54, 1.807) is 27.8 Å². The van der Waals surface area contributed by atoms with E-state index in [1.807, 2.05) is 0 Å². The van der Waals surface area contributed by atoms with Crippen molar-refractivity contribution in [3.8, 4) is 5.75 Å². The number of carbonyl (C=O) groups is 2. The highest BCUT2D eigenvalue weighted by atomic mass is 32.2. The first kappa shape index (κ1) is 27.6. The number of benzene rings is 1. The number of carbonyl (C=O) groups excluding carboxylic acids is 2. The molecule has 1 saturated carbocycles. The second kappa shape index (κ2) is 9.68. The van der Waals surface area contributed by atoms with Gasteiger partial charge < -0.3 is 14.2 Å². The zero-order valence-corrected chi connectivity index (χ0v) is 22.7. The van der Waals surface area contributed by atoms with Crippen LogP contribution in [-0.4, -0.2) is 53.8 Å². The second-order valence-electron chi connectivity index (χ2n) is 10.8. The van der Waals surface area contributed by atoms with Crippen molar-refractivity contribution in [1.82, 2.24) is 19.8 Å². The van der Waals surface area contributed by atoms with Crippen LogP contribution in [0, 0.1) is 11.7 Å². The second-order valence-corrected chi connectivity index (χ2v) is 12.4. The Labute approximate surface area is 220 Å². The third-order valence-electron chi connectivity index (χ3n) is 6.70. The normalized spacial score (nSPS) is 20.4. The van der Waals surface area contributed by atoms with Crippen molar-refractivity contribution in [3.05, 3.63) is 57.5 Å². The van der Waals surface area contributed by atoms with Crippen LogP contribution in [0.3, 0.4) is 0 Å². The lowest BCUT2D eigenvalue weighted by atomic mass is 9.89. The molecule has 1 aliphatic heterocycles. The quantitative estimate of drug-likeness (QED) is 0.542. The van der Waals surface area contributed by atoms with Crippen molar-refractivity contribution in [2.45, 2.75) is 64.3 Å². The molecule has 2 aliphatic rings. The fourth-order valence-electron chi connectivity index (χ4n) is 5.01. The van der Waals surface area contributed by atoms with Gasteiger partial charge >= 0.3 is 16.2 Å². The average Bonchev–Trinajstić information content (AvgIpc) is 3.17. The van der Waals surface area contributed by atoms with Crippen LogP contribution in [0.15, 0.2) is 29.1 Å². The first-order chi connectivity index (χ1) is 17.6. The van der Waals surface area contributed by atoms with Gasteiger partial charge in [-0.1, -0.05) is 12.1 Å². The maximum Gasteiger partial charge on any atom is 0.410 e. The summed E-state index contributed by atoms with van der Waals surface area (Å²) < 4.78 is 49.1. The van der Waals surface area contributed by atoms with E-state index < -0.39 is 56.1 Å². The van der Waals surface area contributed by atoms with E-state index in [0.29, 0.717) is 24.8 Å². The average molecular weight is 551 g/mol. The molecule has 13 heteroatoms. The number of hydrogen-bond acceptors (Lipinski definition) is 8. The summed E-state index contributed by atoms with van der Waals surface area (Å²) in [6.45, 7) is 5.42. The molecule has 206 valence electrons. The van der Waals surface area contributed by atoms with Gasteiger partial charge in [-0.25, -0.2) is 14.2 Å². The van der Waals surface area contributed by atoms with Gasteiger partial charge in [0.05, 0.1) is 6.26 Å². The zero-order valence-electron chi connectivity index (χ0n) is 21.9. The van der Waals surface area contributed by atoms with Crippen molar-refractivity contribution in [2.24, 2.45) is 5.92 Å². The van der Waals surface area contributed by atoms with Crippen LogP contribution in [-0.2, 0) is 33.5 Å². The van der Waals surface area contributed by atoms with E-state index in [-0.39, 0.29) is 24.8 Å². The molecular formula is C25H31FN4O7S. The van der Waals surface area contributed by atoms with Crippen LogP contribution in [0.1, 0.15) is 61.9 Å². The number of ether oxygens (including phenoxy) is 1. The van der Waals surface area contributed by atoms with E-state index in [2.05, 4.69) is 10.3 Å². The van der Waals surface area contributed by atoms with E-state index >= 15 is 0 Å². The summed E-state index contributed by atoms with van der Waals surface area (Å²) in [6.07, 6.45) is 1.81. The molecule has 38 heavy (non-hydrogen) atoms. The largest absolute Gasteiger partial charge is 0.444 e. The molecule has 2 bridgehead atoms. The summed E-state index contributed by atoms with van der Waals surface area (Å²) in [5.41, 5.74) is -2.59. The summed E-state index contributed by atoms with van der Waals surface area (Å²) in [4.78, 5) is 45.8. The first-order valence-electron chi connectivity index (χ1n) is 12.1. The Kier molecular flexibility index (Phi) is 7.02. The molecule has 0 spiro atoms. The van der Waals surface area contributed by atoms with Gasteiger partial charge in [-0.2, -0.15) is 8.42 Å². The highest BCUT2D eigenvalue weighted by molar-refractivity contribution is 7.86. The highest BCUT2D eigenvalue weighted by Crippen LogP contribution is 2.49. The van der Waals surface area contributed by atoms with Crippen LogP contribution in [0.2, 0.25) is 0 Å². The third-order valence-corrected chi connectivity index (χ3v) is 7.17. The molecule has 2 atom stereocenters. The minimum Gasteiger partial charge on any atom is -0.444 e.